The van der Waals surface area contributed by atoms with Gasteiger partial charge in [-0.1, -0.05) is 48.5 Å². The molecule has 31 heavy (non-hydrogen) atoms. The van der Waals surface area contributed by atoms with Crippen molar-refractivity contribution in [2.75, 3.05) is 0 Å². The Morgan fingerprint density at radius 1 is 0.871 bits per heavy atom. The lowest BCUT2D eigenvalue weighted by Gasteiger charge is -2.39. The molecule has 4 nitrogen and oxygen atoms in total. The number of ketones is 1. The van der Waals surface area contributed by atoms with Crippen LogP contribution in [0, 0.1) is 5.92 Å². The van der Waals surface area contributed by atoms with E-state index in [9.17, 15) is 9.59 Å². The number of piperidine rings is 1. The first-order valence-corrected chi connectivity index (χ1v) is 11.3. The van der Waals surface area contributed by atoms with Crippen LogP contribution in [0.25, 0.3) is 21.5 Å². The highest BCUT2D eigenvalue weighted by Gasteiger charge is 2.46. The van der Waals surface area contributed by atoms with E-state index in [1.165, 1.54) is 5.39 Å². The predicted molar refractivity (Wildman–Crippen MR) is 123 cm³/mol. The molecule has 2 heterocycles. The first kappa shape index (κ1) is 20.0. The average Bonchev–Trinajstić information content (AvgIpc) is 3.01. The first-order chi connectivity index (χ1) is 14.8. The first-order valence-electron chi connectivity index (χ1n) is 11.3. The molecule has 2 aliphatic heterocycles. The molecule has 160 valence electrons. The minimum atomic E-state index is -0.507. The lowest BCUT2D eigenvalue weighted by molar-refractivity contribution is 0.00255. The van der Waals surface area contributed by atoms with Crippen LogP contribution < -0.4 is 0 Å². The second-order valence-electron chi connectivity index (χ2n) is 10.00. The molecule has 0 spiro atoms. The van der Waals surface area contributed by atoms with Crippen LogP contribution in [0.3, 0.4) is 0 Å². The van der Waals surface area contributed by atoms with Crippen molar-refractivity contribution in [1.29, 1.82) is 0 Å². The van der Waals surface area contributed by atoms with Crippen molar-refractivity contribution in [3.05, 3.63) is 60.2 Å². The highest BCUT2D eigenvalue weighted by atomic mass is 16.6. The molecule has 1 amide bonds. The average molecular weight is 416 g/mol. The summed E-state index contributed by atoms with van der Waals surface area (Å²) in [5.74, 6) is 0.156. The fourth-order valence-corrected chi connectivity index (χ4v) is 5.48. The predicted octanol–water partition coefficient (Wildman–Crippen LogP) is 6.35. The standard InChI is InChI=1S/C27H29NO3/c1-27(2,3)31-26(30)28-19-12-13-20(28)15-18(14-19)25(29)24-16-17-8-4-5-9-21(17)22-10-6-7-11-23(22)24/h4-11,16,18-20H,12-15H2,1-3H3. The van der Waals surface area contributed by atoms with Gasteiger partial charge >= 0.3 is 6.09 Å². The number of Topliss-reactive ketones (excluding diaryl/α,β-unsaturated/α-hetero) is 1. The fourth-order valence-electron chi connectivity index (χ4n) is 5.48. The van der Waals surface area contributed by atoms with Gasteiger partial charge in [0.05, 0.1) is 0 Å². The van der Waals surface area contributed by atoms with Crippen LogP contribution in [-0.4, -0.2) is 34.5 Å². The third kappa shape index (κ3) is 3.58. The summed E-state index contributed by atoms with van der Waals surface area (Å²) in [6.07, 6.45) is 3.10. The molecule has 2 saturated heterocycles. The number of carbonyl (C=O) groups excluding carboxylic acids is 2. The summed E-state index contributed by atoms with van der Waals surface area (Å²) in [7, 11) is 0. The van der Waals surface area contributed by atoms with Gasteiger partial charge in [-0.15, -0.1) is 0 Å². The summed E-state index contributed by atoms with van der Waals surface area (Å²) < 4.78 is 5.65. The molecule has 3 aromatic carbocycles. The third-order valence-electron chi connectivity index (χ3n) is 6.74. The molecule has 0 N–H and O–H groups in total. The van der Waals surface area contributed by atoms with Gasteiger partial charge in [0, 0.05) is 23.6 Å². The second kappa shape index (κ2) is 7.37. The van der Waals surface area contributed by atoms with Crippen molar-refractivity contribution >= 4 is 33.4 Å². The van der Waals surface area contributed by atoms with Crippen molar-refractivity contribution in [1.82, 2.24) is 4.90 Å². The molecule has 3 aromatic rings. The zero-order valence-electron chi connectivity index (χ0n) is 18.4. The normalized spacial score (nSPS) is 23.3. The number of nitrogens with zero attached hydrogens (tertiary/aromatic N) is 1. The summed E-state index contributed by atoms with van der Waals surface area (Å²) in [4.78, 5) is 28.4. The van der Waals surface area contributed by atoms with E-state index >= 15 is 0 Å². The lowest BCUT2D eigenvalue weighted by atomic mass is 9.83. The van der Waals surface area contributed by atoms with Gasteiger partial charge in [-0.05, 0) is 74.1 Å². The summed E-state index contributed by atoms with van der Waals surface area (Å²) in [6, 6.07) is 18.7. The quantitative estimate of drug-likeness (QED) is 0.362. The van der Waals surface area contributed by atoms with Gasteiger partial charge in [0.1, 0.15) is 5.60 Å². The summed E-state index contributed by atoms with van der Waals surface area (Å²) >= 11 is 0. The maximum Gasteiger partial charge on any atom is 0.410 e. The Labute approximate surface area is 183 Å². The Morgan fingerprint density at radius 2 is 1.45 bits per heavy atom. The minimum Gasteiger partial charge on any atom is -0.444 e. The summed E-state index contributed by atoms with van der Waals surface area (Å²) in [6.45, 7) is 5.69. The van der Waals surface area contributed by atoms with E-state index in [-0.39, 0.29) is 29.9 Å². The topological polar surface area (TPSA) is 46.6 Å². The van der Waals surface area contributed by atoms with Crippen LogP contribution in [0.1, 0.15) is 56.8 Å². The number of ether oxygens (including phenoxy) is 1. The molecule has 2 fully saturated rings. The van der Waals surface area contributed by atoms with E-state index in [0.717, 1.165) is 47.4 Å². The van der Waals surface area contributed by atoms with Crippen LogP contribution in [-0.2, 0) is 4.74 Å². The lowest BCUT2D eigenvalue weighted by Crippen LogP contribution is -2.49. The van der Waals surface area contributed by atoms with Gasteiger partial charge in [-0.2, -0.15) is 0 Å². The number of rotatable bonds is 2. The number of amides is 1. The van der Waals surface area contributed by atoms with Gasteiger partial charge in [-0.3, -0.25) is 4.79 Å². The van der Waals surface area contributed by atoms with Crippen LogP contribution in [0.4, 0.5) is 4.79 Å². The van der Waals surface area contributed by atoms with Crippen LogP contribution in [0.15, 0.2) is 54.6 Å². The smallest absolute Gasteiger partial charge is 0.410 e. The Morgan fingerprint density at radius 3 is 2.10 bits per heavy atom. The number of fused-ring (bicyclic) bond motifs is 5. The van der Waals surface area contributed by atoms with E-state index in [0.29, 0.717) is 0 Å². The highest BCUT2D eigenvalue weighted by molar-refractivity contribution is 6.18. The van der Waals surface area contributed by atoms with Crippen molar-refractivity contribution in [3.63, 3.8) is 0 Å². The van der Waals surface area contributed by atoms with Crippen molar-refractivity contribution in [3.8, 4) is 0 Å². The van der Waals surface area contributed by atoms with E-state index in [2.05, 4.69) is 30.3 Å². The summed E-state index contributed by atoms with van der Waals surface area (Å²) in [5, 5.41) is 4.42. The van der Waals surface area contributed by atoms with Gasteiger partial charge in [0.25, 0.3) is 0 Å². The third-order valence-corrected chi connectivity index (χ3v) is 6.74. The van der Waals surface area contributed by atoms with Crippen molar-refractivity contribution < 1.29 is 14.3 Å². The molecule has 4 heteroatoms. The van der Waals surface area contributed by atoms with E-state index in [1.807, 2.05) is 49.9 Å². The molecular weight excluding hydrogens is 386 g/mol. The molecular formula is C27H29NO3. The minimum absolute atomic E-state index is 0.0549. The molecule has 0 radical (unpaired) electrons. The second-order valence-corrected chi connectivity index (χ2v) is 10.00. The molecule has 5 rings (SSSR count). The SMILES string of the molecule is CC(C)(C)OC(=O)N1C2CCC1CC(C(=O)c1cc3ccccc3c3ccccc13)C2. The molecule has 2 bridgehead atoms. The largest absolute Gasteiger partial charge is 0.444 e. The molecule has 2 unspecified atom stereocenters. The van der Waals surface area contributed by atoms with Crippen LogP contribution >= 0.6 is 0 Å². The monoisotopic (exact) mass is 415 g/mol. The zero-order chi connectivity index (χ0) is 21.8. The van der Waals surface area contributed by atoms with Crippen LogP contribution in [0.5, 0.6) is 0 Å². The molecule has 2 atom stereocenters. The zero-order valence-corrected chi connectivity index (χ0v) is 18.4. The van der Waals surface area contributed by atoms with Crippen LogP contribution in [0.2, 0.25) is 0 Å². The molecule has 0 aromatic heterocycles. The summed E-state index contributed by atoms with van der Waals surface area (Å²) in [5.41, 5.74) is 0.303. The van der Waals surface area contributed by atoms with E-state index < -0.39 is 5.60 Å². The van der Waals surface area contributed by atoms with Crippen molar-refractivity contribution in [2.24, 2.45) is 5.92 Å². The number of carbonyl (C=O) groups is 2. The maximum absolute atomic E-state index is 13.7. The molecule has 2 aliphatic rings. The Hall–Kier alpha value is -2.88. The van der Waals surface area contributed by atoms with Gasteiger partial charge in [0.15, 0.2) is 5.78 Å². The Bertz CT molecular complexity index is 1160. The maximum atomic E-state index is 13.7. The van der Waals surface area contributed by atoms with E-state index in [1.54, 1.807) is 0 Å². The fraction of sp³-hybridized carbons (Fsp3) is 0.407. The van der Waals surface area contributed by atoms with E-state index in [4.69, 9.17) is 4.74 Å². The van der Waals surface area contributed by atoms with Crippen molar-refractivity contribution in [2.45, 2.75) is 64.1 Å². The van der Waals surface area contributed by atoms with Gasteiger partial charge in [0.2, 0.25) is 0 Å². The molecule has 0 saturated carbocycles. The van der Waals surface area contributed by atoms with Gasteiger partial charge < -0.3 is 9.64 Å². The Balaban J connectivity index is 1.46. The van der Waals surface area contributed by atoms with Gasteiger partial charge in [-0.25, -0.2) is 4.79 Å². The highest BCUT2D eigenvalue weighted by Crippen LogP contribution is 2.41. The number of hydrogen-bond donors (Lipinski definition) is 0. The number of hydrogen-bond acceptors (Lipinski definition) is 3. The molecule has 0 aliphatic carbocycles. The number of benzene rings is 3. The Kier molecular flexibility index (Phi) is 4.76.